The summed E-state index contributed by atoms with van der Waals surface area (Å²) in [4.78, 5) is 0. The lowest BCUT2D eigenvalue weighted by molar-refractivity contribution is 0.618. The topological polar surface area (TPSA) is 12.0 Å². The molecule has 14 heavy (non-hydrogen) atoms. The minimum absolute atomic E-state index is 0.151. The molecule has 0 aliphatic carbocycles. The molecule has 1 aromatic rings. The van der Waals surface area contributed by atoms with Gasteiger partial charge in [0.15, 0.2) is 0 Å². The van der Waals surface area contributed by atoms with E-state index in [1.54, 1.807) is 6.07 Å². The summed E-state index contributed by atoms with van der Waals surface area (Å²) in [6, 6.07) is 5.04. The molecule has 0 bridgehead atoms. The largest absolute Gasteiger partial charge is 0.313 e. The quantitative estimate of drug-likeness (QED) is 0.778. The van der Waals surface area contributed by atoms with Gasteiger partial charge in [-0.3, -0.25) is 0 Å². The minimum Gasteiger partial charge on any atom is -0.313 e. The van der Waals surface area contributed by atoms with E-state index in [0.29, 0.717) is 5.92 Å². The summed E-state index contributed by atoms with van der Waals surface area (Å²) in [5.74, 6) is 0.298. The van der Waals surface area contributed by atoms with Crippen molar-refractivity contribution in [2.45, 2.75) is 33.2 Å². The number of hydrogen-bond acceptors (Lipinski definition) is 1. The second-order valence-electron chi connectivity index (χ2n) is 3.78. The molecule has 0 fully saturated rings. The van der Waals surface area contributed by atoms with E-state index in [1.165, 1.54) is 11.6 Å². The van der Waals surface area contributed by atoms with E-state index >= 15 is 0 Å². The van der Waals surface area contributed by atoms with Crippen LogP contribution >= 0.6 is 0 Å². The molecule has 1 N–H and O–H groups in total. The highest BCUT2D eigenvalue weighted by molar-refractivity contribution is 5.30. The Hall–Kier alpha value is -0.890. The summed E-state index contributed by atoms with van der Waals surface area (Å²) in [7, 11) is 0. The van der Waals surface area contributed by atoms with Crippen LogP contribution in [0.5, 0.6) is 0 Å². The number of rotatable bonds is 4. The van der Waals surface area contributed by atoms with E-state index in [4.69, 9.17) is 0 Å². The average Bonchev–Trinajstić information content (AvgIpc) is 2.14. The monoisotopic (exact) mass is 195 g/mol. The van der Waals surface area contributed by atoms with Gasteiger partial charge in [-0.2, -0.15) is 0 Å². The van der Waals surface area contributed by atoms with Gasteiger partial charge in [0.05, 0.1) is 0 Å². The SMILES string of the molecule is CCNCc1cc(F)ccc1C(C)C. The Morgan fingerprint density at radius 2 is 2.07 bits per heavy atom. The van der Waals surface area contributed by atoms with Crippen molar-refractivity contribution in [1.29, 1.82) is 0 Å². The fraction of sp³-hybridized carbons (Fsp3) is 0.500. The fourth-order valence-electron chi connectivity index (χ4n) is 1.55. The van der Waals surface area contributed by atoms with Gasteiger partial charge in [-0.05, 0) is 35.7 Å². The third kappa shape index (κ3) is 2.81. The van der Waals surface area contributed by atoms with Gasteiger partial charge in [0.25, 0.3) is 0 Å². The first-order chi connectivity index (χ1) is 6.65. The van der Waals surface area contributed by atoms with Crippen LogP contribution in [0.4, 0.5) is 4.39 Å². The first kappa shape index (κ1) is 11.2. The minimum atomic E-state index is -0.151. The molecule has 0 radical (unpaired) electrons. The van der Waals surface area contributed by atoms with E-state index < -0.39 is 0 Å². The van der Waals surface area contributed by atoms with Crippen LogP contribution in [0, 0.1) is 5.82 Å². The van der Waals surface area contributed by atoms with Gasteiger partial charge in [-0.1, -0.05) is 26.8 Å². The van der Waals surface area contributed by atoms with Crippen LogP contribution in [-0.2, 0) is 6.54 Å². The number of nitrogens with one attached hydrogen (secondary N) is 1. The van der Waals surface area contributed by atoms with Crippen LogP contribution in [0.1, 0.15) is 37.8 Å². The molecule has 0 aliphatic rings. The van der Waals surface area contributed by atoms with Crippen LogP contribution in [0.2, 0.25) is 0 Å². The van der Waals surface area contributed by atoms with Crippen molar-refractivity contribution in [2.75, 3.05) is 6.54 Å². The van der Waals surface area contributed by atoms with Crippen molar-refractivity contribution in [3.8, 4) is 0 Å². The van der Waals surface area contributed by atoms with Gasteiger partial charge >= 0.3 is 0 Å². The summed E-state index contributed by atoms with van der Waals surface area (Å²) in [5, 5.41) is 3.22. The van der Waals surface area contributed by atoms with Crippen molar-refractivity contribution in [3.05, 3.63) is 35.1 Å². The third-order valence-corrected chi connectivity index (χ3v) is 2.29. The lowest BCUT2D eigenvalue weighted by Crippen LogP contribution is -2.14. The number of halogens is 1. The summed E-state index contributed by atoms with van der Waals surface area (Å²) < 4.78 is 13.0. The first-order valence-corrected chi connectivity index (χ1v) is 5.14. The van der Waals surface area contributed by atoms with Gasteiger partial charge < -0.3 is 5.32 Å². The van der Waals surface area contributed by atoms with Crippen molar-refractivity contribution in [3.63, 3.8) is 0 Å². The predicted octanol–water partition coefficient (Wildman–Crippen LogP) is 3.06. The molecular formula is C12H18FN. The zero-order valence-electron chi connectivity index (χ0n) is 9.10. The van der Waals surface area contributed by atoms with Gasteiger partial charge in [0.2, 0.25) is 0 Å². The van der Waals surface area contributed by atoms with E-state index in [9.17, 15) is 4.39 Å². The summed E-state index contributed by atoms with van der Waals surface area (Å²) in [6.45, 7) is 7.97. The van der Waals surface area contributed by atoms with Gasteiger partial charge in [-0.25, -0.2) is 4.39 Å². The zero-order chi connectivity index (χ0) is 10.6. The second kappa shape index (κ2) is 5.11. The van der Waals surface area contributed by atoms with Crippen LogP contribution in [-0.4, -0.2) is 6.54 Å². The molecule has 0 aliphatic heterocycles. The Morgan fingerprint density at radius 1 is 1.36 bits per heavy atom. The molecule has 0 heterocycles. The Kier molecular flexibility index (Phi) is 4.08. The lowest BCUT2D eigenvalue weighted by Gasteiger charge is -2.12. The van der Waals surface area contributed by atoms with Crippen LogP contribution in [0.3, 0.4) is 0 Å². The average molecular weight is 195 g/mol. The smallest absolute Gasteiger partial charge is 0.123 e. The van der Waals surface area contributed by atoms with Crippen LogP contribution in [0.15, 0.2) is 18.2 Å². The van der Waals surface area contributed by atoms with Crippen molar-refractivity contribution in [2.24, 2.45) is 0 Å². The zero-order valence-corrected chi connectivity index (χ0v) is 9.10. The Balaban J connectivity index is 2.91. The number of hydrogen-bond donors (Lipinski definition) is 1. The molecule has 1 rings (SSSR count). The highest BCUT2D eigenvalue weighted by atomic mass is 19.1. The van der Waals surface area contributed by atoms with Gasteiger partial charge in [-0.15, -0.1) is 0 Å². The van der Waals surface area contributed by atoms with Crippen LogP contribution < -0.4 is 5.32 Å². The van der Waals surface area contributed by atoms with E-state index in [1.807, 2.05) is 13.0 Å². The van der Waals surface area contributed by atoms with Gasteiger partial charge in [0, 0.05) is 6.54 Å². The second-order valence-corrected chi connectivity index (χ2v) is 3.78. The van der Waals surface area contributed by atoms with Crippen molar-refractivity contribution < 1.29 is 4.39 Å². The van der Waals surface area contributed by atoms with Crippen molar-refractivity contribution >= 4 is 0 Å². The summed E-state index contributed by atoms with van der Waals surface area (Å²) in [6.07, 6.45) is 0. The van der Waals surface area contributed by atoms with Crippen LogP contribution in [0.25, 0.3) is 0 Å². The normalized spacial score (nSPS) is 10.9. The lowest BCUT2D eigenvalue weighted by atomic mass is 9.97. The maximum Gasteiger partial charge on any atom is 0.123 e. The Bertz CT molecular complexity index is 294. The molecule has 0 aromatic heterocycles. The molecule has 0 saturated heterocycles. The highest BCUT2D eigenvalue weighted by Crippen LogP contribution is 2.20. The molecule has 0 atom stereocenters. The molecule has 0 spiro atoms. The molecule has 2 heteroatoms. The van der Waals surface area contributed by atoms with Crippen molar-refractivity contribution in [1.82, 2.24) is 5.32 Å². The highest BCUT2D eigenvalue weighted by Gasteiger charge is 2.06. The Morgan fingerprint density at radius 3 is 2.64 bits per heavy atom. The third-order valence-electron chi connectivity index (χ3n) is 2.29. The van der Waals surface area contributed by atoms with E-state index in [2.05, 4.69) is 19.2 Å². The maximum absolute atomic E-state index is 13.0. The fourth-order valence-corrected chi connectivity index (χ4v) is 1.55. The van der Waals surface area contributed by atoms with E-state index in [-0.39, 0.29) is 5.82 Å². The van der Waals surface area contributed by atoms with E-state index in [0.717, 1.165) is 18.7 Å². The Labute approximate surface area is 85.3 Å². The molecule has 0 saturated carbocycles. The predicted molar refractivity (Wildman–Crippen MR) is 57.9 cm³/mol. The first-order valence-electron chi connectivity index (χ1n) is 5.14. The molecule has 1 nitrogen and oxygen atoms in total. The summed E-state index contributed by atoms with van der Waals surface area (Å²) >= 11 is 0. The maximum atomic E-state index is 13.0. The summed E-state index contributed by atoms with van der Waals surface area (Å²) in [5.41, 5.74) is 2.30. The standard InChI is InChI=1S/C12H18FN/c1-4-14-8-10-7-11(13)5-6-12(10)9(2)3/h5-7,9,14H,4,8H2,1-3H3. The molecule has 78 valence electrons. The number of benzene rings is 1. The molecular weight excluding hydrogens is 177 g/mol. The van der Waals surface area contributed by atoms with Gasteiger partial charge in [0.1, 0.15) is 5.82 Å². The molecule has 0 amide bonds. The molecule has 1 aromatic carbocycles. The molecule has 0 unspecified atom stereocenters.